The van der Waals surface area contributed by atoms with Gasteiger partial charge in [0.25, 0.3) is 5.56 Å². The molecule has 1 atom stereocenters. The number of nitrogens with one attached hydrogen (secondary N) is 1. The van der Waals surface area contributed by atoms with Gasteiger partial charge < -0.3 is 5.32 Å². The summed E-state index contributed by atoms with van der Waals surface area (Å²) in [6.45, 7) is 7.51. The summed E-state index contributed by atoms with van der Waals surface area (Å²) in [5, 5.41) is 4.41. The summed E-state index contributed by atoms with van der Waals surface area (Å²) in [7, 11) is 0. The van der Waals surface area contributed by atoms with E-state index in [0.29, 0.717) is 34.4 Å². The molecule has 3 heterocycles. The molecule has 1 N–H and O–H groups in total. The van der Waals surface area contributed by atoms with Gasteiger partial charge in [0.05, 0.1) is 11.3 Å². The minimum Gasteiger partial charge on any atom is -0.355 e. The number of carbonyl (C=O) groups is 1. The van der Waals surface area contributed by atoms with Gasteiger partial charge in [-0.2, -0.15) is 0 Å². The summed E-state index contributed by atoms with van der Waals surface area (Å²) in [6.07, 6.45) is 2.67. The van der Waals surface area contributed by atoms with Crippen molar-refractivity contribution >= 4 is 49.4 Å². The Morgan fingerprint density at radius 2 is 1.94 bits per heavy atom. The number of thiophene rings is 1. The summed E-state index contributed by atoms with van der Waals surface area (Å²) in [5.41, 5.74) is 1.75. The maximum absolute atomic E-state index is 13.6. The van der Waals surface area contributed by atoms with Gasteiger partial charge in [-0.05, 0) is 36.0 Å². The zero-order valence-corrected chi connectivity index (χ0v) is 20.7. The first kappa shape index (κ1) is 23.4. The molecule has 4 aromatic rings. The van der Waals surface area contributed by atoms with Gasteiger partial charge >= 0.3 is 0 Å². The second-order valence-corrected chi connectivity index (χ2v) is 10.5. The van der Waals surface area contributed by atoms with Crippen LogP contribution in [0.2, 0.25) is 0 Å². The Hall–Kier alpha value is -2.71. The first-order valence-corrected chi connectivity index (χ1v) is 13.0. The standard InChI is InChI=1S/C25H28N4O2S2/c1-16(2)11-13-26-20(30)15-32-25-28-21-19-10-7-12-27-23(19)33-22(21)24(31)29(25)14-17(3)18-8-5-4-6-9-18/h4-10,12,16-17H,11,13-15H2,1-3H3,(H,26,30)/t17-/m1/s1. The molecule has 172 valence electrons. The average Bonchev–Trinajstić information content (AvgIpc) is 3.19. The van der Waals surface area contributed by atoms with Crippen LogP contribution in [0.5, 0.6) is 0 Å². The molecule has 0 aliphatic heterocycles. The molecule has 0 bridgehead atoms. The van der Waals surface area contributed by atoms with E-state index in [1.165, 1.54) is 23.1 Å². The monoisotopic (exact) mass is 480 g/mol. The first-order valence-electron chi connectivity index (χ1n) is 11.2. The van der Waals surface area contributed by atoms with Crippen molar-refractivity contribution in [2.45, 2.75) is 44.8 Å². The molecule has 33 heavy (non-hydrogen) atoms. The maximum atomic E-state index is 13.6. The molecule has 0 aliphatic rings. The Labute approximate surface area is 201 Å². The predicted octanol–water partition coefficient (Wildman–Crippen LogP) is 5.06. The van der Waals surface area contributed by atoms with Crippen LogP contribution in [0.25, 0.3) is 20.4 Å². The Morgan fingerprint density at radius 1 is 1.15 bits per heavy atom. The number of aromatic nitrogens is 3. The van der Waals surface area contributed by atoms with E-state index in [9.17, 15) is 9.59 Å². The van der Waals surface area contributed by atoms with E-state index in [4.69, 9.17) is 4.98 Å². The first-order chi connectivity index (χ1) is 15.9. The second-order valence-electron chi connectivity index (χ2n) is 8.58. The number of rotatable bonds is 9. The van der Waals surface area contributed by atoms with Crippen LogP contribution in [0.1, 0.15) is 38.7 Å². The van der Waals surface area contributed by atoms with Crippen LogP contribution in [-0.4, -0.2) is 32.7 Å². The zero-order valence-electron chi connectivity index (χ0n) is 19.1. The lowest BCUT2D eigenvalue weighted by atomic mass is 10.0. The van der Waals surface area contributed by atoms with Crippen molar-refractivity contribution in [1.29, 1.82) is 0 Å². The van der Waals surface area contributed by atoms with Crippen LogP contribution in [0.4, 0.5) is 0 Å². The van der Waals surface area contributed by atoms with Gasteiger partial charge in [0.2, 0.25) is 5.91 Å². The molecule has 0 saturated heterocycles. The van der Waals surface area contributed by atoms with E-state index < -0.39 is 0 Å². The van der Waals surface area contributed by atoms with Crippen molar-refractivity contribution in [2.75, 3.05) is 12.3 Å². The molecular formula is C25H28N4O2S2. The van der Waals surface area contributed by atoms with Gasteiger partial charge in [0.15, 0.2) is 5.16 Å². The molecule has 0 spiro atoms. The van der Waals surface area contributed by atoms with Gasteiger partial charge in [0, 0.05) is 24.7 Å². The van der Waals surface area contributed by atoms with E-state index in [1.54, 1.807) is 10.8 Å². The quantitative estimate of drug-likeness (QED) is 0.268. The van der Waals surface area contributed by atoms with Gasteiger partial charge in [-0.25, -0.2) is 9.97 Å². The Kier molecular flexibility index (Phi) is 7.45. The van der Waals surface area contributed by atoms with E-state index in [0.717, 1.165) is 22.2 Å². The largest absolute Gasteiger partial charge is 0.355 e. The molecule has 0 unspecified atom stereocenters. The van der Waals surface area contributed by atoms with Crippen molar-refractivity contribution in [3.05, 3.63) is 64.6 Å². The van der Waals surface area contributed by atoms with Crippen LogP contribution in [0, 0.1) is 5.92 Å². The topological polar surface area (TPSA) is 76.9 Å². The lowest BCUT2D eigenvalue weighted by molar-refractivity contribution is -0.118. The maximum Gasteiger partial charge on any atom is 0.272 e. The highest BCUT2D eigenvalue weighted by Gasteiger charge is 2.19. The highest BCUT2D eigenvalue weighted by molar-refractivity contribution is 7.99. The molecule has 3 aromatic heterocycles. The molecular weight excluding hydrogens is 452 g/mol. The minimum absolute atomic E-state index is 0.0468. The van der Waals surface area contributed by atoms with E-state index >= 15 is 0 Å². The lowest BCUT2D eigenvalue weighted by Gasteiger charge is -2.17. The van der Waals surface area contributed by atoms with E-state index in [1.807, 2.05) is 30.3 Å². The fourth-order valence-electron chi connectivity index (χ4n) is 3.65. The summed E-state index contributed by atoms with van der Waals surface area (Å²) in [5.74, 6) is 0.826. The molecule has 0 radical (unpaired) electrons. The predicted molar refractivity (Wildman–Crippen MR) is 137 cm³/mol. The molecule has 6 nitrogen and oxygen atoms in total. The van der Waals surface area contributed by atoms with Crippen LogP contribution >= 0.6 is 23.1 Å². The third-order valence-electron chi connectivity index (χ3n) is 5.52. The number of nitrogens with zero attached hydrogens (tertiary/aromatic N) is 3. The molecule has 0 fully saturated rings. The third-order valence-corrected chi connectivity index (χ3v) is 7.59. The third kappa shape index (κ3) is 5.45. The molecule has 1 amide bonds. The number of hydrogen-bond acceptors (Lipinski definition) is 6. The van der Waals surface area contributed by atoms with Crippen molar-refractivity contribution in [2.24, 2.45) is 5.92 Å². The van der Waals surface area contributed by atoms with Crippen molar-refractivity contribution in [3.8, 4) is 0 Å². The zero-order chi connectivity index (χ0) is 23.4. The Balaban J connectivity index is 1.67. The SMILES string of the molecule is CC(C)CCNC(=O)CSc1nc2c(sc3ncccc32)c(=O)n1C[C@@H](C)c1ccccc1. The summed E-state index contributed by atoms with van der Waals surface area (Å²) < 4.78 is 2.33. The normalized spacial score (nSPS) is 12.5. The average molecular weight is 481 g/mol. The minimum atomic E-state index is -0.0755. The van der Waals surface area contributed by atoms with E-state index in [2.05, 4.69) is 43.2 Å². The summed E-state index contributed by atoms with van der Waals surface area (Å²) in [6, 6.07) is 13.9. The molecule has 0 saturated carbocycles. The summed E-state index contributed by atoms with van der Waals surface area (Å²) in [4.78, 5) is 36.1. The highest BCUT2D eigenvalue weighted by Crippen LogP contribution is 2.31. The fraction of sp³-hybridized carbons (Fsp3) is 0.360. The van der Waals surface area contributed by atoms with Crippen LogP contribution in [-0.2, 0) is 11.3 Å². The Bertz CT molecular complexity index is 1310. The number of amides is 1. The lowest BCUT2D eigenvalue weighted by Crippen LogP contribution is -2.28. The number of pyridine rings is 1. The smallest absolute Gasteiger partial charge is 0.272 e. The Morgan fingerprint density at radius 3 is 2.70 bits per heavy atom. The van der Waals surface area contributed by atoms with Crippen molar-refractivity contribution in [1.82, 2.24) is 19.9 Å². The number of benzene rings is 1. The van der Waals surface area contributed by atoms with Crippen LogP contribution in [0.15, 0.2) is 58.6 Å². The molecule has 4 rings (SSSR count). The number of thioether (sulfide) groups is 1. The van der Waals surface area contributed by atoms with Crippen LogP contribution in [0.3, 0.4) is 0 Å². The van der Waals surface area contributed by atoms with Crippen LogP contribution < -0.4 is 10.9 Å². The second kappa shape index (κ2) is 10.5. The highest BCUT2D eigenvalue weighted by atomic mass is 32.2. The molecule has 1 aromatic carbocycles. The molecule has 8 heteroatoms. The van der Waals surface area contributed by atoms with Gasteiger partial charge in [0.1, 0.15) is 9.53 Å². The van der Waals surface area contributed by atoms with Crippen molar-refractivity contribution in [3.63, 3.8) is 0 Å². The van der Waals surface area contributed by atoms with Gasteiger partial charge in [-0.1, -0.05) is 62.9 Å². The van der Waals surface area contributed by atoms with Crippen molar-refractivity contribution < 1.29 is 4.79 Å². The number of fused-ring (bicyclic) bond motifs is 3. The fourth-order valence-corrected chi connectivity index (χ4v) is 5.52. The van der Waals surface area contributed by atoms with Gasteiger partial charge in [-0.3, -0.25) is 14.2 Å². The van der Waals surface area contributed by atoms with E-state index in [-0.39, 0.29) is 23.1 Å². The molecule has 0 aliphatic carbocycles. The summed E-state index contributed by atoms with van der Waals surface area (Å²) >= 11 is 2.69. The number of hydrogen-bond donors (Lipinski definition) is 1. The van der Waals surface area contributed by atoms with Gasteiger partial charge in [-0.15, -0.1) is 11.3 Å². The number of carbonyl (C=O) groups excluding carboxylic acids is 1.